The molecule has 39 heteroatoms. The number of ether oxygens (including phenoxy) is 4. The van der Waals surface area contributed by atoms with Gasteiger partial charge in [0.25, 0.3) is 11.8 Å². The fraction of sp³-hybridized carbons (Fsp3) is 0.333. The zero-order valence-corrected chi connectivity index (χ0v) is 86.6. The number of amides is 2. The highest BCUT2D eigenvalue weighted by molar-refractivity contribution is 6.04. The van der Waals surface area contributed by atoms with Crippen molar-refractivity contribution in [1.82, 2.24) is 107 Å². The van der Waals surface area contributed by atoms with Crippen LogP contribution >= 0.6 is 0 Å². The molecule has 19 aromatic rings. The van der Waals surface area contributed by atoms with Crippen molar-refractivity contribution in [3.63, 3.8) is 0 Å². The number of rotatable bonds is 28. The molecule has 6 atom stereocenters. The first-order chi connectivity index (χ1) is 72.3. The lowest BCUT2D eigenvalue weighted by Gasteiger charge is -2.35. The van der Waals surface area contributed by atoms with Gasteiger partial charge >= 0.3 is 11.9 Å². The number of hydrogen-bond donors (Lipinski definition) is 4. The first-order valence-electron chi connectivity index (χ1n) is 50.0. The van der Waals surface area contributed by atoms with Crippen LogP contribution in [-0.4, -0.2) is 212 Å². The van der Waals surface area contributed by atoms with Crippen molar-refractivity contribution in [1.29, 1.82) is 0 Å². The van der Waals surface area contributed by atoms with Gasteiger partial charge in [-0.1, -0.05) is 97.9 Å². The summed E-state index contributed by atoms with van der Waals surface area (Å²) in [5.74, 6) is -0.217. The molecule has 3 aliphatic rings. The first-order valence-corrected chi connectivity index (χ1v) is 50.0. The molecular weight excluding hydrogens is 1920 g/mol. The number of carbonyl (C=O) groups is 4. The van der Waals surface area contributed by atoms with Crippen LogP contribution in [0.1, 0.15) is 190 Å². The maximum Gasteiger partial charge on any atom is 0.343 e. The van der Waals surface area contributed by atoms with E-state index in [0.29, 0.717) is 138 Å². The Morgan fingerprint density at radius 3 is 0.973 bits per heavy atom. The normalized spacial score (nSPS) is 15.8. The number of aromatic carboxylic acids is 1. The van der Waals surface area contributed by atoms with Crippen molar-refractivity contribution in [2.45, 2.75) is 182 Å². The van der Waals surface area contributed by atoms with Crippen molar-refractivity contribution < 1.29 is 60.8 Å². The van der Waals surface area contributed by atoms with Crippen molar-refractivity contribution in [2.75, 3.05) is 76.1 Å². The summed E-state index contributed by atoms with van der Waals surface area (Å²) < 4.78 is 92.5. The lowest BCUT2D eigenvalue weighted by Crippen LogP contribution is -2.51. The molecule has 776 valence electrons. The maximum atomic E-state index is 14.4. The quantitative estimate of drug-likeness (QED) is 0.0261. The second kappa shape index (κ2) is 44.3. The summed E-state index contributed by atoms with van der Waals surface area (Å²) in [5.41, 5.74) is 13.6. The predicted molar refractivity (Wildman–Crippen MR) is 568 cm³/mol. The number of pyridine rings is 4. The van der Waals surface area contributed by atoms with Crippen molar-refractivity contribution in [3.8, 4) is 45.0 Å². The van der Waals surface area contributed by atoms with E-state index in [4.69, 9.17) is 33.9 Å². The number of anilines is 4. The van der Waals surface area contributed by atoms with E-state index in [0.717, 1.165) is 76.6 Å². The summed E-state index contributed by atoms with van der Waals surface area (Å²) in [5, 5.41) is 39.2. The largest absolute Gasteiger partial charge is 0.477 e. The number of nitrogens with one attached hydrogen (secondary N) is 3. The minimum Gasteiger partial charge on any atom is -0.477 e. The minimum atomic E-state index is -1.12. The molecular formula is C111H120F4N26O9. The van der Waals surface area contributed by atoms with Gasteiger partial charge < -0.3 is 73.0 Å². The number of benzene rings is 3. The van der Waals surface area contributed by atoms with Crippen LogP contribution < -0.4 is 30.7 Å². The summed E-state index contributed by atoms with van der Waals surface area (Å²) in [4.78, 5) is 93.6. The molecule has 0 radical (unpaired) electrons. The summed E-state index contributed by atoms with van der Waals surface area (Å²) in [6, 6.07) is 43.8. The van der Waals surface area contributed by atoms with Gasteiger partial charge in [-0.3, -0.25) is 9.59 Å². The third-order valence-electron chi connectivity index (χ3n) is 27.6. The van der Waals surface area contributed by atoms with Crippen LogP contribution in [0.5, 0.6) is 0 Å². The number of aromatic nitrogens is 20. The van der Waals surface area contributed by atoms with Gasteiger partial charge in [-0.05, 0) is 148 Å². The van der Waals surface area contributed by atoms with E-state index < -0.39 is 35.2 Å². The Hall–Kier alpha value is -16.4. The lowest BCUT2D eigenvalue weighted by atomic mass is 9.84. The average molecular weight is 2040 g/mol. The highest BCUT2D eigenvalue weighted by atomic mass is 19.1. The Morgan fingerprint density at radius 2 is 0.693 bits per heavy atom. The molecule has 2 unspecified atom stereocenters. The average Bonchev–Trinajstić information content (AvgIpc) is 1.66. The number of carbonyl (C=O) groups excluding carboxylic acids is 3. The van der Waals surface area contributed by atoms with E-state index in [1.165, 1.54) is 85.0 Å². The highest BCUT2D eigenvalue weighted by Gasteiger charge is 2.37. The number of methoxy groups -OCH3 is 3. The number of esters is 1. The molecule has 4 N–H and O–H groups in total. The Balaban J connectivity index is 0.000000128. The standard InChI is InChI=1S/C30H32FN7O2.C27H27FN6O2.C25H23FN6O2.C23H26FN7O2.C6H12O/c1-18(2)37-17-23(21-12-20(31)14-32-28(21)37)25-13-27(36(3)16-19-8-6-5-7-9-19)38-29(34-25)22(15-33-38)30(39)35-24-10-11-26(24)40-4;1-5-36-27(35)21-14-30-34-24(32(4)15-18-9-7-6-8-10-18)12-23(31-26(21)34)22-16-33(17(2)3)25-20(22)11-19(28)13-29-25;1-15(2)31-14-20(18-9-17(26)11-27-23(18)31)21-10-22(30(3)13-16-7-5-4-6-8-16)32-24(29-21)19(12-28-32)25(33)34;1-12(2)30-11-16(14-7-13(24)9-26-21(14)30)18-8-20(25-3)31-22(28-18)15(10-27-31)23(32)29-17-5-6-19(17)33-4;1-5-3-4-6(5)7-2/h5-9,12-15,17-18,24,26H,10-11,16H2,1-4H3,(H,35,39);6-14,16-17H,5,15H2,1-4H3;4-12,14-15H,13H2,1-3H3,(H,33,34);7-12,17,19,25H,5-6H2,1-4H3,(H,29,32);5-6H,3-4H2,1-2H3/t24?,26-;;;17?,19-;5-,6-/m0..00/s1. The molecule has 16 heterocycles. The van der Waals surface area contributed by atoms with Crippen LogP contribution in [-0.2, 0) is 38.6 Å². The zero-order valence-electron chi connectivity index (χ0n) is 86.6. The van der Waals surface area contributed by atoms with E-state index in [9.17, 15) is 41.8 Å². The van der Waals surface area contributed by atoms with Crippen LogP contribution in [0, 0.1) is 29.2 Å². The van der Waals surface area contributed by atoms with Crippen LogP contribution in [0.25, 0.3) is 112 Å². The zero-order chi connectivity index (χ0) is 106. The first kappa shape index (κ1) is 104. The van der Waals surface area contributed by atoms with Crippen LogP contribution in [0.2, 0.25) is 0 Å². The molecule has 22 rings (SSSR count). The van der Waals surface area contributed by atoms with Gasteiger partial charge in [-0.25, -0.2) is 67.0 Å². The predicted octanol–water partition coefficient (Wildman–Crippen LogP) is 19.9. The number of hydrogen-bond acceptors (Lipinski definition) is 24. The molecule has 3 saturated carbocycles. The van der Waals surface area contributed by atoms with Gasteiger partial charge in [0.1, 0.15) is 91.4 Å². The molecule has 3 fully saturated rings. The van der Waals surface area contributed by atoms with Crippen LogP contribution in [0.15, 0.2) is 214 Å². The van der Waals surface area contributed by atoms with Gasteiger partial charge in [0, 0.05) is 186 Å². The fourth-order valence-corrected chi connectivity index (χ4v) is 19.1. The Kier molecular flexibility index (Phi) is 30.6. The molecule has 3 aliphatic carbocycles. The van der Waals surface area contributed by atoms with Crippen LogP contribution in [0.4, 0.5) is 40.8 Å². The summed E-state index contributed by atoms with van der Waals surface area (Å²) in [7, 11) is 12.7. The Morgan fingerprint density at radius 1 is 0.393 bits per heavy atom. The fourth-order valence-electron chi connectivity index (χ4n) is 19.1. The molecule has 35 nitrogen and oxygen atoms in total. The third-order valence-corrected chi connectivity index (χ3v) is 27.6. The summed E-state index contributed by atoms with van der Waals surface area (Å²) in [6.45, 7) is 22.3. The van der Waals surface area contributed by atoms with Gasteiger partial charge in [-0.15, -0.1) is 0 Å². The summed E-state index contributed by atoms with van der Waals surface area (Å²) >= 11 is 0. The SMILES string of the molecule is CC(C)n1cc(-c2cc(N(C)Cc3ccccc3)n3ncc(C(=O)O)c3n2)c2cc(F)cnc21.CCOC(=O)c1cnn2c(N(C)Cc3ccccc3)cc(-c3cn(C(C)C)c4ncc(F)cc34)nc12.CNc1cc(-c2cn(C(C)C)c3ncc(F)cc23)nc2c(C(=O)NC3CC[C@@H]3OC)cnn12.CO[C@H]1CCC1NC(=O)c1cnn2c(N(C)Cc3ccccc3)cc(-c3cn(C(C)C)c4ncc(F)cc34)nc12.CO[C@H]1CC[C@@H]1C. The number of halogens is 4. The number of nitrogens with zero attached hydrogens (tertiary/aromatic N) is 23. The maximum absolute atomic E-state index is 14.4. The van der Waals surface area contributed by atoms with Gasteiger partial charge in [0.15, 0.2) is 22.6 Å². The highest BCUT2D eigenvalue weighted by Crippen LogP contribution is 2.42. The van der Waals surface area contributed by atoms with Crippen molar-refractivity contribution in [3.05, 3.63) is 276 Å². The van der Waals surface area contributed by atoms with E-state index >= 15 is 0 Å². The molecule has 2 amide bonds. The molecule has 0 aliphatic heterocycles. The van der Waals surface area contributed by atoms with Crippen LogP contribution in [0.3, 0.4) is 0 Å². The second-order valence-electron chi connectivity index (χ2n) is 39.0. The Bertz CT molecular complexity index is 8170. The topological polar surface area (TPSA) is 363 Å². The molecule has 150 heavy (non-hydrogen) atoms. The molecule has 3 aromatic carbocycles. The smallest absolute Gasteiger partial charge is 0.343 e. The van der Waals surface area contributed by atoms with E-state index in [1.807, 2.05) is 219 Å². The van der Waals surface area contributed by atoms with Crippen molar-refractivity contribution in [2.24, 2.45) is 5.92 Å². The summed E-state index contributed by atoms with van der Waals surface area (Å²) in [6.07, 6.45) is 25.2. The monoisotopic (exact) mass is 2040 g/mol. The third kappa shape index (κ3) is 21.2. The molecule has 16 aromatic heterocycles. The number of carboxylic acid groups (broad SMARTS) is 1. The van der Waals surface area contributed by atoms with Gasteiger partial charge in [0.05, 0.1) is 109 Å². The van der Waals surface area contributed by atoms with Crippen molar-refractivity contribution >= 4 is 114 Å². The number of carboxylic acids is 1. The Labute approximate surface area is 862 Å². The lowest BCUT2D eigenvalue weighted by molar-refractivity contribution is -0.00760. The minimum absolute atomic E-state index is 0.00596. The molecule has 0 spiro atoms. The van der Waals surface area contributed by atoms with Gasteiger partial charge in [-0.2, -0.15) is 38.5 Å². The number of fused-ring (bicyclic) bond motifs is 8. The van der Waals surface area contributed by atoms with E-state index in [2.05, 4.69) is 99.1 Å². The van der Waals surface area contributed by atoms with Gasteiger partial charge in [0.2, 0.25) is 0 Å². The molecule has 0 bridgehead atoms. The van der Waals surface area contributed by atoms with E-state index in [-0.39, 0.29) is 83.7 Å². The van der Waals surface area contributed by atoms with E-state index in [1.54, 1.807) is 55.0 Å². The second-order valence-corrected chi connectivity index (χ2v) is 39.0. The molecule has 0 saturated heterocycles.